The van der Waals surface area contributed by atoms with Gasteiger partial charge in [-0.25, -0.2) is 0 Å². The van der Waals surface area contributed by atoms with Crippen LogP contribution in [0.2, 0.25) is 0 Å². The van der Waals surface area contributed by atoms with Crippen LogP contribution in [0.5, 0.6) is 0 Å². The molecule has 1 rings (SSSR count). The SMILES string of the molecule is COCCCC(CNCC(C)C)Cc1ccccc1. The van der Waals surface area contributed by atoms with Crippen LogP contribution in [0.4, 0.5) is 0 Å². The Hall–Kier alpha value is -0.860. The Kier molecular flexibility index (Phi) is 8.52. The first-order chi connectivity index (χ1) is 9.22. The molecule has 19 heavy (non-hydrogen) atoms. The van der Waals surface area contributed by atoms with E-state index >= 15 is 0 Å². The van der Waals surface area contributed by atoms with E-state index in [9.17, 15) is 0 Å². The van der Waals surface area contributed by atoms with Crippen LogP contribution in [0, 0.1) is 11.8 Å². The monoisotopic (exact) mass is 263 g/mol. The standard InChI is InChI=1S/C17H29NO/c1-15(2)13-18-14-17(10-7-11-19-3)12-16-8-5-4-6-9-16/h4-6,8-9,15,17-18H,7,10-14H2,1-3H3. The lowest BCUT2D eigenvalue weighted by atomic mass is 9.94. The fraction of sp³-hybridized carbons (Fsp3) is 0.647. The minimum Gasteiger partial charge on any atom is -0.385 e. The van der Waals surface area contributed by atoms with E-state index in [2.05, 4.69) is 49.5 Å². The molecule has 0 amide bonds. The van der Waals surface area contributed by atoms with E-state index in [1.807, 2.05) is 0 Å². The van der Waals surface area contributed by atoms with Crippen molar-refractivity contribution >= 4 is 0 Å². The number of nitrogens with one attached hydrogen (secondary N) is 1. The van der Waals surface area contributed by atoms with Crippen molar-refractivity contribution in [2.75, 3.05) is 26.8 Å². The van der Waals surface area contributed by atoms with Gasteiger partial charge in [0.05, 0.1) is 0 Å². The van der Waals surface area contributed by atoms with Crippen LogP contribution in [0.15, 0.2) is 30.3 Å². The zero-order valence-corrected chi connectivity index (χ0v) is 12.7. The fourth-order valence-corrected chi connectivity index (χ4v) is 2.32. The number of methoxy groups -OCH3 is 1. The van der Waals surface area contributed by atoms with Gasteiger partial charge in [0, 0.05) is 13.7 Å². The van der Waals surface area contributed by atoms with Crippen molar-refractivity contribution in [2.45, 2.75) is 33.1 Å². The normalized spacial score (nSPS) is 12.8. The summed E-state index contributed by atoms with van der Waals surface area (Å²) in [6.07, 6.45) is 3.54. The summed E-state index contributed by atoms with van der Waals surface area (Å²) in [4.78, 5) is 0. The van der Waals surface area contributed by atoms with Crippen molar-refractivity contribution in [1.82, 2.24) is 5.32 Å². The van der Waals surface area contributed by atoms with E-state index in [1.165, 1.54) is 12.0 Å². The second-order valence-corrected chi connectivity index (χ2v) is 5.74. The summed E-state index contributed by atoms with van der Waals surface area (Å²) >= 11 is 0. The maximum Gasteiger partial charge on any atom is 0.0462 e. The summed E-state index contributed by atoms with van der Waals surface area (Å²) in [7, 11) is 1.78. The summed E-state index contributed by atoms with van der Waals surface area (Å²) in [6, 6.07) is 10.8. The van der Waals surface area contributed by atoms with Crippen molar-refractivity contribution in [3.8, 4) is 0 Å². The molecule has 108 valence electrons. The predicted molar refractivity (Wildman–Crippen MR) is 82.5 cm³/mol. The molecule has 0 aromatic heterocycles. The van der Waals surface area contributed by atoms with Crippen LogP contribution in [0.25, 0.3) is 0 Å². The lowest BCUT2D eigenvalue weighted by molar-refractivity contribution is 0.186. The van der Waals surface area contributed by atoms with Crippen LogP contribution >= 0.6 is 0 Å². The zero-order valence-electron chi connectivity index (χ0n) is 12.7. The van der Waals surface area contributed by atoms with E-state index in [-0.39, 0.29) is 0 Å². The van der Waals surface area contributed by atoms with Gasteiger partial charge in [-0.2, -0.15) is 0 Å². The average molecular weight is 263 g/mol. The van der Waals surface area contributed by atoms with Gasteiger partial charge in [-0.3, -0.25) is 0 Å². The first-order valence-corrected chi connectivity index (χ1v) is 7.46. The molecule has 1 unspecified atom stereocenters. The quantitative estimate of drug-likeness (QED) is 0.652. The smallest absolute Gasteiger partial charge is 0.0462 e. The molecule has 1 aromatic carbocycles. The molecular weight excluding hydrogens is 234 g/mol. The molecule has 0 aliphatic carbocycles. The minimum absolute atomic E-state index is 0.705. The Labute approximate surface area is 118 Å². The molecule has 0 fully saturated rings. The van der Waals surface area contributed by atoms with Crippen LogP contribution in [-0.2, 0) is 11.2 Å². The number of hydrogen-bond donors (Lipinski definition) is 1. The Bertz CT molecular complexity index is 310. The van der Waals surface area contributed by atoms with Gasteiger partial charge in [0.1, 0.15) is 0 Å². The molecule has 0 heterocycles. The van der Waals surface area contributed by atoms with Crippen molar-refractivity contribution < 1.29 is 4.74 Å². The zero-order chi connectivity index (χ0) is 13.9. The van der Waals surface area contributed by atoms with E-state index < -0.39 is 0 Å². The van der Waals surface area contributed by atoms with Gasteiger partial charge in [0.25, 0.3) is 0 Å². The Balaban J connectivity index is 2.39. The summed E-state index contributed by atoms with van der Waals surface area (Å²) < 4.78 is 5.16. The Morgan fingerprint density at radius 1 is 1.11 bits per heavy atom. The van der Waals surface area contributed by atoms with Crippen molar-refractivity contribution in [3.63, 3.8) is 0 Å². The Morgan fingerprint density at radius 2 is 1.84 bits per heavy atom. The van der Waals surface area contributed by atoms with E-state index in [0.29, 0.717) is 5.92 Å². The number of hydrogen-bond acceptors (Lipinski definition) is 2. The third kappa shape index (κ3) is 8.02. The summed E-state index contributed by atoms with van der Waals surface area (Å²) in [5.74, 6) is 1.42. The molecule has 0 radical (unpaired) electrons. The topological polar surface area (TPSA) is 21.3 Å². The van der Waals surface area contributed by atoms with Gasteiger partial charge >= 0.3 is 0 Å². The number of ether oxygens (including phenoxy) is 1. The highest BCUT2D eigenvalue weighted by Crippen LogP contribution is 2.14. The molecule has 0 spiro atoms. The Morgan fingerprint density at radius 3 is 2.47 bits per heavy atom. The first-order valence-electron chi connectivity index (χ1n) is 7.46. The molecule has 0 bridgehead atoms. The maximum absolute atomic E-state index is 5.16. The summed E-state index contributed by atoms with van der Waals surface area (Å²) in [5, 5.41) is 3.59. The highest BCUT2D eigenvalue weighted by atomic mass is 16.5. The summed E-state index contributed by atoms with van der Waals surface area (Å²) in [5.41, 5.74) is 1.44. The number of rotatable bonds is 10. The van der Waals surface area contributed by atoms with Gasteiger partial charge in [0.15, 0.2) is 0 Å². The maximum atomic E-state index is 5.16. The molecule has 0 aliphatic heterocycles. The van der Waals surface area contributed by atoms with E-state index in [1.54, 1.807) is 7.11 Å². The summed E-state index contributed by atoms with van der Waals surface area (Å²) in [6.45, 7) is 7.59. The molecule has 0 aliphatic rings. The second-order valence-electron chi connectivity index (χ2n) is 5.74. The fourth-order valence-electron chi connectivity index (χ4n) is 2.32. The van der Waals surface area contributed by atoms with Crippen LogP contribution in [0.3, 0.4) is 0 Å². The molecule has 2 heteroatoms. The molecule has 1 aromatic rings. The van der Waals surface area contributed by atoms with Crippen molar-refractivity contribution in [1.29, 1.82) is 0 Å². The van der Waals surface area contributed by atoms with Gasteiger partial charge < -0.3 is 10.1 Å². The molecular formula is C17H29NO. The third-order valence-electron chi connectivity index (χ3n) is 3.31. The first kappa shape index (κ1) is 16.2. The lowest BCUT2D eigenvalue weighted by Crippen LogP contribution is -2.27. The molecule has 1 N–H and O–H groups in total. The van der Waals surface area contributed by atoms with Crippen LogP contribution in [-0.4, -0.2) is 26.8 Å². The van der Waals surface area contributed by atoms with Gasteiger partial charge in [-0.1, -0.05) is 44.2 Å². The molecule has 0 saturated heterocycles. The largest absolute Gasteiger partial charge is 0.385 e. The van der Waals surface area contributed by atoms with Gasteiger partial charge in [-0.05, 0) is 49.8 Å². The average Bonchev–Trinajstić information content (AvgIpc) is 2.39. The van der Waals surface area contributed by atoms with E-state index in [0.717, 1.165) is 38.5 Å². The van der Waals surface area contributed by atoms with Gasteiger partial charge in [0.2, 0.25) is 0 Å². The number of benzene rings is 1. The lowest BCUT2D eigenvalue weighted by Gasteiger charge is -2.18. The highest BCUT2D eigenvalue weighted by molar-refractivity contribution is 5.15. The van der Waals surface area contributed by atoms with Crippen LogP contribution < -0.4 is 5.32 Å². The molecule has 1 atom stereocenters. The minimum atomic E-state index is 0.705. The molecule has 0 saturated carbocycles. The van der Waals surface area contributed by atoms with Crippen molar-refractivity contribution in [3.05, 3.63) is 35.9 Å². The third-order valence-corrected chi connectivity index (χ3v) is 3.31. The molecule has 2 nitrogen and oxygen atoms in total. The van der Waals surface area contributed by atoms with Gasteiger partial charge in [-0.15, -0.1) is 0 Å². The van der Waals surface area contributed by atoms with Crippen molar-refractivity contribution in [2.24, 2.45) is 11.8 Å². The predicted octanol–water partition coefficient (Wildman–Crippen LogP) is 3.52. The van der Waals surface area contributed by atoms with E-state index in [4.69, 9.17) is 4.74 Å². The second kappa shape index (κ2) is 9.99. The highest BCUT2D eigenvalue weighted by Gasteiger charge is 2.09. The van der Waals surface area contributed by atoms with Crippen LogP contribution in [0.1, 0.15) is 32.3 Å².